The van der Waals surface area contributed by atoms with Gasteiger partial charge < -0.3 is 5.32 Å². The Balaban J connectivity index is 2.64. The van der Waals surface area contributed by atoms with Gasteiger partial charge in [0.1, 0.15) is 18.0 Å². The normalized spacial score (nSPS) is 11.1. The number of non-ortho nitro benzene ring substituents is 1. The van der Waals surface area contributed by atoms with E-state index in [9.17, 15) is 23.3 Å². The fraction of sp³-hybridized carbons (Fsp3) is 0.0556. The average Bonchev–Trinajstić information content (AvgIpc) is 2.67. The fourth-order valence-electron chi connectivity index (χ4n) is 2.07. The van der Waals surface area contributed by atoms with Crippen molar-refractivity contribution in [1.82, 2.24) is 0 Å². The minimum absolute atomic E-state index is 0.0893. The Morgan fingerprint density at radius 1 is 1.04 bits per heavy atom. The highest BCUT2D eigenvalue weighted by Crippen LogP contribution is 2.30. The smallest absolute Gasteiger partial charge is 0.340 e. The summed E-state index contributed by atoms with van der Waals surface area (Å²) < 4.78 is 40.0. The van der Waals surface area contributed by atoms with Gasteiger partial charge in [0.25, 0.3) is 5.69 Å². The number of aliphatic imine (C=N–C) groups is 1. The summed E-state index contributed by atoms with van der Waals surface area (Å²) in [5, 5.41) is 31.1. The molecule has 0 heterocycles. The second-order valence-corrected chi connectivity index (χ2v) is 5.20. The van der Waals surface area contributed by atoms with Crippen molar-refractivity contribution in [3.63, 3.8) is 0 Å². The van der Waals surface area contributed by atoms with Gasteiger partial charge in [-0.05, 0) is 24.3 Å². The van der Waals surface area contributed by atoms with Crippen molar-refractivity contribution in [3.05, 3.63) is 81.5 Å². The van der Waals surface area contributed by atoms with Crippen LogP contribution in [0.25, 0.3) is 0 Å². The summed E-state index contributed by atoms with van der Waals surface area (Å²) in [6.45, 7) is 0. The third-order valence-electron chi connectivity index (χ3n) is 3.34. The van der Waals surface area contributed by atoms with Gasteiger partial charge in [-0.3, -0.25) is 10.1 Å². The van der Waals surface area contributed by atoms with Crippen LogP contribution in [-0.2, 0) is 0 Å². The van der Waals surface area contributed by atoms with E-state index in [1.54, 1.807) is 30.3 Å². The number of anilines is 1. The molecule has 2 aromatic rings. The first kappa shape index (κ1) is 20.1. The molecule has 1 N–H and O–H groups in total. The van der Waals surface area contributed by atoms with Crippen LogP contribution in [0.1, 0.15) is 5.56 Å². The average molecular weight is 385 g/mol. The van der Waals surface area contributed by atoms with Gasteiger partial charge in [-0.2, -0.15) is 23.7 Å². The van der Waals surface area contributed by atoms with Crippen molar-refractivity contribution in [3.8, 4) is 12.1 Å². The van der Waals surface area contributed by atoms with Gasteiger partial charge in [0, 0.05) is 23.4 Å². The maximum atomic E-state index is 13.3. The number of nitro groups is 1. The van der Waals surface area contributed by atoms with Gasteiger partial charge in [0.15, 0.2) is 11.3 Å². The Labute approximate surface area is 156 Å². The Hall–Kier alpha value is -4.18. The number of nitro benzene ring substituents is 1. The molecule has 0 aromatic heterocycles. The highest BCUT2D eigenvalue weighted by molar-refractivity contribution is 6.09. The second-order valence-electron chi connectivity index (χ2n) is 5.20. The monoisotopic (exact) mass is 385 g/mol. The van der Waals surface area contributed by atoms with Gasteiger partial charge in [-0.1, -0.05) is 18.2 Å². The minimum Gasteiger partial charge on any atom is -0.340 e. The van der Waals surface area contributed by atoms with Crippen molar-refractivity contribution in [2.45, 2.75) is 6.18 Å². The van der Waals surface area contributed by atoms with E-state index < -0.39 is 22.4 Å². The number of halogens is 3. The molecule has 0 atom stereocenters. The van der Waals surface area contributed by atoms with E-state index >= 15 is 0 Å². The Morgan fingerprint density at radius 3 is 2.07 bits per heavy atom. The summed E-state index contributed by atoms with van der Waals surface area (Å²) in [5.74, 6) is -0.337. The molecular formula is C18H10F3N5O2. The summed E-state index contributed by atoms with van der Waals surface area (Å²) in [4.78, 5) is 13.6. The van der Waals surface area contributed by atoms with Gasteiger partial charge in [0.05, 0.1) is 4.92 Å². The van der Waals surface area contributed by atoms with E-state index in [1.165, 1.54) is 24.3 Å². The van der Waals surface area contributed by atoms with Crippen LogP contribution < -0.4 is 5.32 Å². The molecule has 0 saturated carbocycles. The predicted molar refractivity (Wildman–Crippen MR) is 94.0 cm³/mol. The number of amidine groups is 1. The number of allylic oxidation sites excluding steroid dienone is 2. The number of alkyl halides is 3. The Kier molecular flexibility index (Phi) is 6.09. The fourth-order valence-corrected chi connectivity index (χ4v) is 2.07. The largest absolute Gasteiger partial charge is 0.435 e. The number of para-hydroxylation sites is 1. The van der Waals surface area contributed by atoms with Crippen molar-refractivity contribution >= 4 is 17.2 Å². The van der Waals surface area contributed by atoms with E-state index in [0.29, 0.717) is 5.69 Å². The van der Waals surface area contributed by atoms with Gasteiger partial charge in [-0.25, -0.2) is 4.99 Å². The number of hydrogen-bond acceptors (Lipinski definition) is 5. The molecule has 0 spiro atoms. The van der Waals surface area contributed by atoms with Crippen LogP contribution in [0.4, 0.5) is 24.5 Å². The topological polar surface area (TPSA) is 115 Å². The highest BCUT2D eigenvalue weighted by atomic mass is 19.4. The number of nitrogens with zero attached hydrogens (tertiary/aromatic N) is 4. The minimum atomic E-state index is -5.06. The molecule has 2 aromatic carbocycles. The summed E-state index contributed by atoms with van der Waals surface area (Å²) in [6.07, 6.45) is -5.06. The molecule has 0 aliphatic carbocycles. The van der Waals surface area contributed by atoms with Crippen molar-refractivity contribution in [2.75, 3.05) is 5.32 Å². The number of hydrogen-bond donors (Lipinski definition) is 1. The summed E-state index contributed by atoms with van der Waals surface area (Å²) >= 11 is 0. The first-order valence-corrected chi connectivity index (χ1v) is 7.53. The number of benzene rings is 2. The summed E-state index contributed by atoms with van der Waals surface area (Å²) in [5.41, 5.74) is -2.66. The molecule has 0 fully saturated rings. The van der Waals surface area contributed by atoms with E-state index in [-0.39, 0.29) is 17.1 Å². The molecule has 140 valence electrons. The maximum absolute atomic E-state index is 13.3. The van der Waals surface area contributed by atoms with Gasteiger partial charge >= 0.3 is 6.18 Å². The van der Waals surface area contributed by atoms with Gasteiger partial charge in [0.2, 0.25) is 0 Å². The van der Waals surface area contributed by atoms with E-state index in [4.69, 9.17) is 10.5 Å². The van der Waals surface area contributed by atoms with E-state index in [2.05, 4.69) is 10.3 Å². The van der Waals surface area contributed by atoms with Crippen LogP contribution in [0.5, 0.6) is 0 Å². The van der Waals surface area contributed by atoms with Crippen LogP contribution >= 0.6 is 0 Å². The lowest BCUT2D eigenvalue weighted by molar-refractivity contribution is -0.384. The number of nitriles is 2. The molecule has 0 saturated heterocycles. The molecule has 0 radical (unpaired) electrons. The molecular weight excluding hydrogens is 375 g/mol. The quantitative estimate of drug-likeness (QED) is 0.277. The lowest BCUT2D eigenvalue weighted by Gasteiger charge is -2.13. The maximum Gasteiger partial charge on any atom is 0.435 e. The highest BCUT2D eigenvalue weighted by Gasteiger charge is 2.38. The predicted octanol–water partition coefficient (Wildman–Crippen LogP) is 4.32. The molecule has 28 heavy (non-hydrogen) atoms. The van der Waals surface area contributed by atoms with E-state index in [1.807, 2.05) is 0 Å². The summed E-state index contributed by atoms with van der Waals surface area (Å²) in [6, 6.07) is 15.1. The zero-order valence-corrected chi connectivity index (χ0v) is 13.9. The SMILES string of the molecule is N#CC(C#N)=C(N=C(Nc1ccccc1)c1ccc([N+](=O)[O-])cc1)C(F)(F)F. The van der Waals surface area contributed by atoms with E-state index in [0.717, 1.165) is 12.1 Å². The first-order valence-electron chi connectivity index (χ1n) is 7.53. The van der Waals surface area contributed by atoms with Gasteiger partial charge in [-0.15, -0.1) is 0 Å². The third-order valence-corrected chi connectivity index (χ3v) is 3.34. The zero-order chi connectivity index (χ0) is 20.7. The van der Waals surface area contributed by atoms with Crippen LogP contribution in [0, 0.1) is 32.8 Å². The van der Waals surface area contributed by atoms with Crippen molar-refractivity contribution in [1.29, 1.82) is 10.5 Å². The third kappa shape index (κ3) is 4.93. The molecule has 2 rings (SSSR count). The second kappa shape index (κ2) is 8.47. The Morgan fingerprint density at radius 2 is 1.61 bits per heavy atom. The van der Waals surface area contributed by atoms with Crippen molar-refractivity contribution in [2.24, 2.45) is 4.99 Å². The van der Waals surface area contributed by atoms with Crippen LogP contribution in [0.15, 0.2) is 70.9 Å². The molecule has 0 unspecified atom stereocenters. The Bertz CT molecular complexity index is 998. The molecule has 0 aliphatic rings. The van der Waals surface area contributed by atoms with Crippen LogP contribution in [-0.4, -0.2) is 16.9 Å². The summed E-state index contributed by atoms with van der Waals surface area (Å²) in [7, 11) is 0. The zero-order valence-electron chi connectivity index (χ0n) is 13.9. The molecule has 0 amide bonds. The lowest BCUT2D eigenvalue weighted by Crippen LogP contribution is -2.19. The molecule has 7 nitrogen and oxygen atoms in total. The van der Waals surface area contributed by atoms with Crippen LogP contribution in [0.3, 0.4) is 0 Å². The molecule has 0 bridgehead atoms. The molecule has 10 heteroatoms. The molecule has 0 aliphatic heterocycles. The van der Waals surface area contributed by atoms with Crippen LogP contribution in [0.2, 0.25) is 0 Å². The number of nitrogens with one attached hydrogen (secondary N) is 1. The first-order chi connectivity index (χ1) is 13.3. The van der Waals surface area contributed by atoms with Crippen molar-refractivity contribution < 1.29 is 18.1 Å². The lowest BCUT2D eigenvalue weighted by atomic mass is 10.1. The number of rotatable bonds is 4. The standard InChI is InChI=1S/C18H10F3N5O2/c19-18(20,21)16(13(10-22)11-23)25-17(24-14-4-2-1-3-5-14)12-6-8-15(9-7-12)26(27)28/h1-9H,(H,24,25).